The molecule has 0 aromatic heterocycles. The lowest BCUT2D eigenvalue weighted by molar-refractivity contribution is -0.126. The molecule has 1 amide bonds. The van der Waals surface area contributed by atoms with Gasteiger partial charge in [-0.25, -0.2) is 0 Å². The van der Waals surface area contributed by atoms with Gasteiger partial charge in [0.25, 0.3) is 0 Å². The standard InChI is InChI=1S/C16H31N3O/c1-19-10-7-13(8-11-19)6-9-18-16(20)15-4-2-14(12-17)3-5-15/h13-15H,2-12,17H2,1H3,(H,18,20). The Balaban J connectivity index is 1.58. The van der Waals surface area contributed by atoms with Crippen molar-refractivity contribution in [2.24, 2.45) is 23.5 Å². The van der Waals surface area contributed by atoms with Crippen LogP contribution in [0.3, 0.4) is 0 Å². The third-order valence-electron chi connectivity index (χ3n) is 5.24. The van der Waals surface area contributed by atoms with Gasteiger partial charge in [-0.15, -0.1) is 0 Å². The van der Waals surface area contributed by atoms with Crippen LogP contribution in [0, 0.1) is 17.8 Å². The van der Waals surface area contributed by atoms with Gasteiger partial charge in [-0.2, -0.15) is 0 Å². The molecule has 3 N–H and O–H groups in total. The van der Waals surface area contributed by atoms with Crippen molar-refractivity contribution in [3.63, 3.8) is 0 Å². The van der Waals surface area contributed by atoms with E-state index in [4.69, 9.17) is 5.73 Å². The van der Waals surface area contributed by atoms with E-state index in [1.165, 1.54) is 25.9 Å². The van der Waals surface area contributed by atoms with Crippen LogP contribution in [-0.4, -0.2) is 44.0 Å². The number of amides is 1. The summed E-state index contributed by atoms with van der Waals surface area (Å²) in [6, 6.07) is 0. The first-order valence-corrected chi connectivity index (χ1v) is 8.35. The fourth-order valence-electron chi connectivity index (χ4n) is 3.55. The largest absolute Gasteiger partial charge is 0.356 e. The van der Waals surface area contributed by atoms with Crippen LogP contribution in [-0.2, 0) is 4.79 Å². The summed E-state index contributed by atoms with van der Waals surface area (Å²) < 4.78 is 0. The molecule has 2 aliphatic rings. The molecule has 2 rings (SSSR count). The Morgan fingerprint density at radius 3 is 2.35 bits per heavy atom. The van der Waals surface area contributed by atoms with Crippen molar-refractivity contribution < 1.29 is 4.79 Å². The van der Waals surface area contributed by atoms with Gasteiger partial charge in [0.05, 0.1) is 0 Å². The Hall–Kier alpha value is -0.610. The van der Waals surface area contributed by atoms with Gasteiger partial charge in [0.2, 0.25) is 5.91 Å². The number of piperidine rings is 1. The summed E-state index contributed by atoms with van der Waals surface area (Å²) in [6.45, 7) is 4.07. The van der Waals surface area contributed by atoms with Crippen LogP contribution >= 0.6 is 0 Å². The third kappa shape index (κ3) is 4.74. The Kier molecular flexibility index (Phi) is 6.30. The second-order valence-electron chi connectivity index (χ2n) is 6.78. The van der Waals surface area contributed by atoms with E-state index in [0.717, 1.165) is 51.1 Å². The molecule has 116 valence electrons. The summed E-state index contributed by atoms with van der Waals surface area (Å²) in [6.07, 6.45) is 8.04. The summed E-state index contributed by atoms with van der Waals surface area (Å²) in [5.41, 5.74) is 5.69. The van der Waals surface area contributed by atoms with E-state index in [1.54, 1.807) is 0 Å². The Morgan fingerprint density at radius 2 is 1.75 bits per heavy atom. The van der Waals surface area contributed by atoms with Gasteiger partial charge in [-0.05, 0) is 83.5 Å². The molecule has 0 unspecified atom stereocenters. The van der Waals surface area contributed by atoms with Crippen LogP contribution in [0.4, 0.5) is 0 Å². The number of carbonyl (C=O) groups excluding carboxylic acids is 1. The van der Waals surface area contributed by atoms with E-state index in [1.807, 2.05) is 0 Å². The highest BCUT2D eigenvalue weighted by Crippen LogP contribution is 2.28. The van der Waals surface area contributed by atoms with Crippen LogP contribution < -0.4 is 11.1 Å². The topological polar surface area (TPSA) is 58.4 Å². The number of nitrogens with one attached hydrogen (secondary N) is 1. The molecular formula is C16H31N3O. The van der Waals surface area contributed by atoms with E-state index in [2.05, 4.69) is 17.3 Å². The van der Waals surface area contributed by atoms with Crippen molar-refractivity contribution in [3.8, 4) is 0 Å². The quantitative estimate of drug-likeness (QED) is 0.805. The van der Waals surface area contributed by atoms with Crippen molar-refractivity contribution >= 4 is 5.91 Å². The molecule has 4 nitrogen and oxygen atoms in total. The molecule has 0 aromatic rings. The van der Waals surface area contributed by atoms with Crippen LogP contribution in [0.1, 0.15) is 44.9 Å². The van der Waals surface area contributed by atoms with Crippen LogP contribution in [0.25, 0.3) is 0 Å². The Labute approximate surface area is 123 Å². The third-order valence-corrected chi connectivity index (χ3v) is 5.24. The molecule has 20 heavy (non-hydrogen) atoms. The minimum Gasteiger partial charge on any atom is -0.356 e. The molecular weight excluding hydrogens is 250 g/mol. The number of likely N-dealkylation sites (tertiary alicyclic amines) is 1. The number of hydrogen-bond donors (Lipinski definition) is 2. The van der Waals surface area contributed by atoms with E-state index in [-0.39, 0.29) is 11.8 Å². The number of rotatable bonds is 5. The zero-order valence-electron chi connectivity index (χ0n) is 12.9. The molecule has 1 aliphatic carbocycles. The second kappa shape index (κ2) is 7.99. The number of carbonyl (C=O) groups is 1. The number of nitrogens with zero attached hydrogens (tertiary/aromatic N) is 1. The predicted molar refractivity (Wildman–Crippen MR) is 82.4 cm³/mol. The summed E-state index contributed by atoms with van der Waals surface area (Å²) in [5, 5.41) is 3.16. The van der Waals surface area contributed by atoms with Crippen molar-refractivity contribution in [2.75, 3.05) is 33.2 Å². The van der Waals surface area contributed by atoms with Crippen LogP contribution in [0.2, 0.25) is 0 Å². The lowest BCUT2D eigenvalue weighted by Crippen LogP contribution is -2.36. The van der Waals surface area contributed by atoms with Gasteiger partial charge in [-0.1, -0.05) is 0 Å². The minimum absolute atomic E-state index is 0.246. The molecule has 0 bridgehead atoms. The SMILES string of the molecule is CN1CCC(CCNC(=O)C2CCC(CN)CC2)CC1. The lowest BCUT2D eigenvalue weighted by Gasteiger charge is -2.29. The Bertz CT molecular complexity index is 292. The zero-order valence-corrected chi connectivity index (χ0v) is 12.9. The molecule has 0 spiro atoms. The predicted octanol–water partition coefficient (Wildman–Crippen LogP) is 1.60. The fraction of sp³-hybridized carbons (Fsp3) is 0.938. The fourth-order valence-corrected chi connectivity index (χ4v) is 3.55. The molecule has 1 heterocycles. The van der Waals surface area contributed by atoms with E-state index in [0.29, 0.717) is 5.92 Å². The van der Waals surface area contributed by atoms with Crippen LogP contribution in [0.15, 0.2) is 0 Å². The summed E-state index contributed by atoms with van der Waals surface area (Å²) in [4.78, 5) is 14.5. The van der Waals surface area contributed by atoms with Crippen molar-refractivity contribution in [1.82, 2.24) is 10.2 Å². The van der Waals surface area contributed by atoms with Gasteiger partial charge in [-0.3, -0.25) is 4.79 Å². The molecule has 0 atom stereocenters. The lowest BCUT2D eigenvalue weighted by atomic mass is 9.81. The first-order valence-electron chi connectivity index (χ1n) is 8.35. The van der Waals surface area contributed by atoms with Gasteiger partial charge in [0.1, 0.15) is 0 Å². The second-order valence-corrected chi connectivity index (χ2v) is 6.78. The average Bonchev–Trinajstić information content (AvgIpc) is 2.49. The summed E-state index contributed by atoms with van der Waals surface area (Å²) in [5.74, 6) is 1.99. The average molecular weight is 281 g/mol. The van der Waals surface area contributed by atoms with Crippen molar-refractivity contribution in [3.05, 3.63) is 0 Å². The van der Waals surface area contributed by atoms with Crippen molar-refractivity contribution in [2.45, 2.75) is 44.9 Å². The zero-order chi connectivity index (χ0) is 14.4. The molecule has 2 fully saturated rings. The molecule has 1 saturated carbocycles. The smallest absolute Gasteiger partial charge is 0.223 e. The first-order chi connectivity index (χ1) is 9.69. The number of nitrogens with two attached hydrogens (primary N) is 1. The van der Waals surface area contributed by atoms with E-state index < -0.39 is 0 Å². The highest BCUT2D eigenvalue weighted by molar-refractivity contribution is 5.78. The summed E-state index contributed by atoms with van der Waals surface area (Å²) >= 11 is 0. The van der Waals surface area contributed by atoms with E-state index in [9.17, 15) is 4.79 Å². The van der Waals surface area contributed by atoms with Gasteiger partial charge in [0.15, 0.2) is 0 Å². The minimum atomic E-state index is 0.246. The van der Waals surface area contributed by atoms with Gasteiger partial charge in [0, 0.05) is 12.5 Å². The molecule has 4 heteroatoms. The highest BCUT2D eigenvalue weighted by Gasteiger charge is 2.25. The highest BCUT2D eigenvalue weighted by atomic mass is 16.1. The normalized spacial score (nSPS) is 29.3. The molecule has 0 aromatic carbocycles. The molecule has 0 radical (unpaired) electrons. The van der Waals surface area contributed by atoms with Gasteiger partial charge >= 0.3 is 0 Å². The maximum atomic E-state index is 12.1. The number of hydrogen-bond acceptors (Lipinski definition) is 3. The van der Waals surface area contributed by atoms with E-state index >= 15 is 0 Å². The van der Waals surface area contributed by atoms with Crippen molar-refractivity contribution in [1.29, 1.82) is 0 Å². The Morgan fingerprint density at radius 1 is 1.10 bits per heavy atom. The van der Waals surface area contributed by atoms with Crippen LogP contribution in [0.5, 0.6) is 0 Å². The monoisotopic (exact) mass is 281 g/mol. The first kappa shape index (κ1) is 15.8. The maximum absolute atomic E-state index is 12.1. The van der Waals surface area contributed by atoms with Gasteiger partial charge < -0.3 is 16.0 Å². The summed E-state index contributed by atoms with van der Waals surface area (Å²) in [7, 11) is 2.19. The molecule has 1 aliphatic heterocycles. The maximum Gasteiger partial charge on any atom is 0.223 e. The molecule has 1 saturated heterocycles.